The van der Waals surface area contributed by atoms with Gasteiger partial charge in [-0.1, -0.05) is 0 Å². The minimum absolute atomic E-state index is 0.128. The number of nitro benzene ring substituents is 1. The Morgan fingerprint density at radius 1 is 1.20 bits per heavy atom. The second kappa shape index (κ2) is 9.67. The van der Waals surface area contributed by atoms with Crippen molar-refractivity contribution in [1.29, 1.82) is 0 Å². The molecule has 1 amide bonds. The molecule has 158 valence electrons. The zero-order valence-electron chi connectivity index (χ0n) is 16.5. The van der Waals surface area contributed by atoms with Crippen molar-refractivity contribution in [3.63, 3.8) is 0 Å². The minimum Gasteiger partial charge on any atom is -0.378 e. The van der Waals surface area contributed by atoms with Crippen LogP contribution in [0.4, 0.5) is 17.1 Å². The molecule has 0 unspecified atom stereocenters. The van der Waals surface area contributed by atoms with E-state index in [4.69, 9.17) is 17.0 Å². The summed E-state index contributed by atoms with van der Waals surface area (Å²) >= 11 is 7.58. The summed E-state index contributed by atoms with van der Waals surface area (Å²) in [6, 6.07) is 8.27. The van der Waals surface area contributed by atoms with Gasteiger partial charge in [0.05, 0.1) is 29.4 Å². The summed E-state index contributed by atoms with van der Waals surface area (Å²) in [5, 5.41) is 17.0. The Balaban J connectivity index is 1.82. The lowest BCUT2D eigenvalue weighted by molar-refractivity contribution is -0.384. The van der Waals surface area contributed by atoms with Gasteiger partial charge in [-0.25, -0.2) is 0 Å². The third-order valence-electron chi connectivity index (χ3n) is 4.77. The number of nitrogens with zero attached hydrogens (tertiary/aromatic N) is 2. The summed E-state index contributed by atoms with van der Waals surface area (Å²) in [6.07, 6.45) is 0. The average Bonchev–Trinajstić information content (AvgIpc) is 2.72. The van der Waals surface area contributed by atoms with Gasteiger partial charge in [0, 0.05) is 34.5 Å². The van der Waals surface area contributed by atoms with Crippen LogP contribution in [0.5, 0.6) is 0 Å². The van der Waals surface area contributed by atoms with E-state index in [0.717, 1.165) is 20.4 Å². The number of carbonyl (C=O) groups is 1. The largest absolute Gasteiger partial charge is 0.378 e. The molecular weight excluding hydrogens is 519 g/mol. The molecule has 1 aliphatic heterocycles. The van der Waals surface area contributed by atoms with Crippen molar-refractivity contribution in [2.45, 2.75) is 13.8 Å². The maximum absolute atomic E-state index is 13.0. The number of aryl methyl sites for hydroxylation is 2. The van der Waals surface area contributed by atoms with Crippen LogP contribution >= 0.6 is 34.8 Å². The summed E-state index contributed by atoms with van der Waals surface area (Å²) in [4.78, 5) is 25.7. The minimum atomic E-state index is -0.520. The Hall–Kier alpha value is -2.31. The number of hydrogen-bond acceptors (Lipinski definition) is 6. The molecular formula is C20H21IN4O4S. The number of morpholine rings is 1. The predicted octanol–water partition coefficient (Wildman–Crippen LogP) is 3.78. The van der Waals surface area contributed by atoms with E-state index >= 15 is 0 Å². The first-order valence-electron chi connectivity index (χ1n) is 9.26. The van der Waals surface area contributed by atoms with Crippen LogP contribution in [0.15, 0.2) is 30.3 Å². The number of nitro groups is 1. The molecule has 2 N–H and O–H groups in total. The molecule has 1 aliphatic rings. The normalized spacial score (nSPS) is 13.6. The third-order valence-corrected chi connectivity index (χ3v) is 6.13. The number of rotatable bonds is 4. The Bertz CT molecular complexity index is 1010. The number of ether oxygens (including phenoxy) is 1. The van der Waals surface area contributed by atoms with E-state index in [1.54, 1.807) is 6.07 Å². The molecule has 2 aromatic carbocycles. The van der Waals surface area contributed by atoms with E-state index in [1.807, 2.05) is 30.9 Å². The molecule has 10 heteroatoms. The zero-order chi connectivity index (χ0) is 21.8. The van der Waals surface area contributed by atoms with Crippen LogP contribution < -0.4 is 15.5 Å². The number of benzene rings is 2. The van der Waals surface area contributed by atoms with Gasteiger partial charge in [0.15, 0.2) is 5.11 Å². The summed E-state index contributed by atoms with van der Waals surface area (Å²) in [5.41, 5.74) is 3.54. The number of carbonyl (C=O) groups excluding carboxylic acids is 1. The van der Waals surface area contributed by atoms with Gasteiger partial charge in [0.1, 0.15) is 0 Å². The molecule has 2 aromatic rings. The van der Waals surface area contributed by atoms with Crippen molar-refractivity contribution in [2.24, 2.45) is 0 Å². The Morgan fingerprint density at radius 2 is 1.90 bits per heavy atom. The average molecular weight is 540 g/mol. The van der Waals surface area contributed by atoms with Gasteiger partial charge in [-0.2, -0.15) is 0 Å². The lowest BCUT2D eigenvalue weighted by Gasteiger charge is -2.30. The fourth-order valence-electron chi connectivity index (χ4n) is 3.14. The van der Waals surface area contributed by atoms with Crippen molar-refractivity contribution in [1.82, 2.24) is 5.32 Å². The van der Waals surface area contributed by atoms with Gasteiger partial charge >= 0.3 is 0 Å². The number of anilines is 2. The lowest BCUT2D eigenvalue weighted by atomic mass is 10.1. The van der Waals surface area contributed by atoms with Gasteiger partial charge in [0.2, 0.25) is 0 Å². The van der Waals surface area contributed by atoms with Gasteiger partial charge < -0.3 is 15.0 Å². The molecule has 8 nitrogen and oxygen atoms in total. The fourth-order valence-corrected chi connectivity index (χ4v) is 3.96. The van der Waals surface area contributed by atoms with Gasteiger partial charge in [0.25, 0.3) is 11.6 Å². The highest BCUT2D eigenvalue weighted by Crippen LogP contribution is 2.27. The van der Waals surface area contributed by atoms with Crippen LogP contribution in [-0.2, 0) is 4.74 Å². The van der Waals surface area contributed by atoms with Crippen LogP contribution in [0.2, 0.25) is 0 Å². The zero-order valence-corrected chi connectivity index (χ0v) is 19.5. The standard InChI is InChI=1S/C20H21IN4O4S/c1-12-10-17(13(2)9-16(12)21)22-20(30)23-19(26)15-11-14(25(27)28)3-4-18(15)24-5-7-29-8-6-24/h3-4,9-11H,5-8H2,1-2H3,(H2,22,23,26,30). The molecule has 0 aromatic heterocycles. The van der Waals surface area contributed by atoms with Crippen molar-refractivity contribution in [3.05, 3.63) is 60.7 Å². The fraction of sp³-hybridized carbons (Fsp3) is 0.300. The molecule has 0 saturated carbocycles. The molecule has 0 atom stereocenters. The van der Waals surface area contributed by atoms with E-state index in [-0.39, 0.29) is 16.4 Å². The Morgan fingerprint density at radius 3 is 2.57 bits per heavy atom. The molecule has 1 fully saturated rings. The SMILES string of the molecule is Cc1cc(NC(=S)NC(=O)c2cc([N+](=O)[O-])ccc2N2CCOCC2)c(C)cc1I. The number of non-ortho nitro benzene ring substituents is 1. The molecule has 1 saturated heterocycles. The summed E-state index contributed by atoms with van der Waals surface area (Å²) < 4.78 is 6.50. The quantitative estimate of drug-likeness (QED) is 0.264. The van der Waals surface area contributed by atoms with Crippen LogP contribution in [0, 0.1) is 27.5 Å². The molecule has 1 heterocycles. The molecule has 0 bridgehead atoms. The van der Waals surface area contributed by atoms with Gasteiger partial charge in [-0.15, -0.1) is 0 Å². The topological polar surface area (TPSA) is 96.7 Å². The second-order valence-electron chi connectivity index (χ2n) is 6.88. The van der Waals surface area contributed by atoms with Crippen molar-refractivity contribution >= 4 is 62.9 Å². The smallest absolute Gasteiger partial charge is 0.270 e. The second-order valence-corrected chi connectivity index (χ2v) is 8.45. The number of hydrogen-bond donors (Lipinski definition) is 2. The molecule has 0 aliphatic carbocycles. The van der Waals surface area contributed by atoms with Crippen LogP contribution in [-0.4, -0.2) is 42.2 Å². The number of thiocarbonyl (C=S) groups is 1. The van der Waals surface area contributed by atoms with E-state index < -0.39 is 10.8 Å². The maximum atomic E-state index is 13.0. The number of amides is 1. The third kappa shape index (κ3) is 5.24. The molecule has 0 spiro atoms. The van der Waals surface area contributed by atoms with E-state index in [0.29, 0.717) is 32.0 Å². The van der Waals surface area contributed by atoms with Crippen LogP contribution in [0.3, 0.4) is 0 Å². The van der Waals surface area contributed by atoms with E-state index in [9.17, 15) is 14.9 Å². The molecule has 0 radical (unpaired) electrons. The molecule has 3 rings (SSSR count). The summed E-state index contributed by atoms with van der Waals surface area (Å²) in [6.45, 7) is 6.20. The Kier molecular flexibility index (Phi) is 7.21. The first-order chi connectivity index (χ1) is 14.3. The van der Waals surface area contributed by atoms with Crippen molar-refractivity contribution < 1.29 is 14.5 Å². The maximum Gasteiger partial charge on any atom is 0.270 e. The van der Waals surface area contributed by atoms with Crippen LogP contribution in [0.25, 0.3) is 0 Å². The van der Waals surface area contributed by atoms with E-state index in [2.05, 4.69) is 33.2 Å². The number of nitrogens with one attached hydrogen (secondary N) is 2. The monoisotopic (exact) mass is 540 g/mol. The van der Waals surface area contributed by atoms with Crippen molar-refractivity contribution in [3.8, 4) is 0 Å². The predicted molar refractivity (Wildman–Crippen MR) is 128 cm³/mol. The summed E-state index contributed by atoms with van der Waals surface area (Å²) in [5.74, 6) is -0.502. The number of halogens is 1. The van der Waals surface area contributed by atoms with Crippen LogP contribution in [0.1, 0.15) is 21.5 Å². The van der Waals surface area contributed by atoms with Crippen molar-refractivity contribution in [2.75, 3.05) is 36.5 Å². The lowest BCUT2D eigenvalue weighted by Crippen LogP contribution is -2.39. The van der Waals surface area contributed by atoms with E-state index in [1.165, 1.54) is 12.1 Å². The van der Waals surface area contributed by atoms with Gasteiger partial charge in [-0.3, -0.25) is 20.2 Å². The molecule has 30 heavy (non-hydrogen) atoms. The highest BCUT2D eigenvalue weighted by Gasteiger charge is 2.22. The summed E-state index contributed by atoms with van der Waals surface area (Å²) in [7, 11) is 0. The first kappa shape index (κ1) is 22.4. The highest BCUT2D eigenvalue weighted by atomic mass is 127. The highest BCUT2D eigenvalue weighted by molar-refractivity contribution is 14.1. The first-order valence-corrected chi connectivity index (χ1v) is 10.7. The Labute approximate surface area is 193 Å². The van der Waals surface area contributed by atoms with Gasteiger partial charge in [-0.05, 0) is 78.0 Å².